The van der Waals surface area contributed by atoms with Crippen LogP contribution in [0.5, 0.6) is 0 Å². The highest BCUT2D eigenvalue weighted by Gasteiger charge is 2.18. The Kier molecular flexibility index (Phi) is 3.56. The Morgan fingerprint density at radius 3 is 2.88 bits per heavy atom. The molecule has 0 atom stereocenters. The van der Waals surface area contributed by atoms with E-state index in [1.807, 2.05) is 6.07 Å². The molecular formula is C11H19N5. The molecule has 0 spiro atoms. The average molecular weight is 221 g/mol. The van der Waals surface area contributed by atoms with E-state index in [2.05, 4.69) is 27.2 Å². The molecule has 1 aliphatic rings. The van der Waals surface area contributed by atoms with Crippen molar-refractivity contribution in [3.8, 4) is 0 Å². The number of nitrogens with zero attached hydrogens (tertiary/aromatic N) is 3. The van der Waals surface area contributed by atoms with Gasteiger partial charge in [0.2, 0.25) is 5.95 Å². The van der Waals surface area contributed by atoms with Gasteiger partial charge in [0.05, 0.1) is 0 Å². The van der Waals surface area contributed by atoms with Crippen molar-refractivity contribution in [3.63, 3.8) is 0 Å². The Balaban J connectivity index is 2.02. The van der Waals surface area contributed by atoms with Gasteiger partial charge in [-0.15, -0.1) is 0 Å². The topological polar surface area (TPSA) is 67.1 Å². The molecule has 1 saturated heterocycles. The zero-order chi connectivity index (χ0) is 11.4. The fourth-order valence-corrected chi connectivity index (χ4v) is 2.17. The van der Waals surface area contributed by atoms with Crippen LogP contribution in [0, 0.1) is 5.92 Å². The van der Waals surface area contributed by atoms with Crippen LogP contribution >= 0.6 is 0 Å². The summed E-state index contributed by atoms with van der Waals surface area (Å²) in [6.45, 7) is 4.43. The molecule has 1 aromatic rings. The zero-order valence-electron chi connectivity index (χ0n) is 9.69. The van der Waals surface area contributed by atoms with Crippen molar-refractivity contribution in [2.75, 3.05) is 23.4 Å². The number of hydrogen-bond donors (Lipinski definition) is 2. The van der Waals surface area contributed by atoms with Gasteiger partial charge in [-0.2, -0.15) is 4.98 Å². The van der Waals surface area contributed by atoms with Crippen molar-refractivity contribution in [1.29, 1.82) is 0 Å². The Morgan fingerprint density at radius 2 is 2.25 bits per heavy atom. The normalized spacial score (nSPS) is 17.5. The second kappa shape index (κ2) is 5.12. The predicted octanol–water partition coefficient (Wildman–Crippen LogP) is 1.39. The number of piperidine rings is 1. The molecule has 1 aliphatic heterocycles. The molecule has 2 heterocycles. The van der Waals surface area contributed by atoms with E-state index in [9.17, 15) is 0 Å². The number of nitrogens with one attached hydrogen (secondary N) is 1. The summed E-state index contributed by atoms with van der Waals surface area (Å²) in [5.41, 5.74) is 2.48. The van der Waals surface area contributed by atoms with Gasteiger partial charge in [-0.05, 0) is 24.8 Å². The third kappa shape index (κ3) is 2.41. The lowest BCUT2D eigenvalue weighted by molar-refractivity contribution is 0.394. The molecule has 0 bridgehead atoms. The first kappa shape index (κ1) is 11.1. The highest BCUT2D eigenvalue weighted by molar-refractivity contribution is 5.42. The van der Waals surface area contributed by atoms with E-state index in [0.29, 0.717) is 5.95 Å². The standard InChI is InChI=1S/C11H19N5/c1-2-9-4-7-16(8-5-9)10-3-6-13-11(14-10)15-12/h3,6,9H,2,4-5,7-8,12H2,1H3,(H,13,14,15). The van der Waals surface area contributed by atoms with Crippen LogP contribution in [0.25, 0.3) is 0 Å². The van der Waals surface area contributed by atoms with Crippen LogP contribution in [-0.4, -0.2) is 23.1 Å². The summed E-state index contributed by atoms with van der Waals surface area (Å²) in [5, 5.41) is 0. The maximum absolute atomic E-state index is 5.30. The van der Waals surface area contributed by atoms with Crippen molar-refractivity contribution in [2.24, 2.45) is 11.8 Å². The lowest BCUT2D eigenvalue weighted by Gasteiger charge is -2.32. The van der Waals surface area contributed by atoms with E-state index in [4.69, 9.17) is 5.84 Å². The molecule has 0 aromatic carbocycles. The summed E-state index contributed by atoms with van der Waals surface area (Å²) in [6.07, 6.45) is 5.54. The summed E-state index contributed by atoms with van der Waals surface area (Å²) in [5.74, 6) is 7.63. The van der Waals surface area contributed by atoms with Gasteiger partial charge in [0.25, 0.3) is 0 Å². The Morgan fingerprint density at radius 1 is 1.50 bits per heavy atom. The number of aromatic nitrogens is 2. The minimum Gasteiger partial charge on any atom is -0.356 e. The number of rotatable bonds is 3. The summed E-state index contributed by atoms with van der Waals surface area (Å²) in [6, 6.07) is 1.94. The molecule has 0 saturated carbocycles. The predicted molar refractivity (Wildman–Crippen MR) is 65.1 cm³/mol. The molecule has 0 unspecified atom stereocenters. The molecule has 5 heteroatoms. The monoisotopic (exact) mass is 221 g/mol. The van der Waals surface area contributed by atoms with Crippen LogP contribution in [0.2, 0.25) is 0 Å². The fraction of sp³-hybridized carbons (Fsp3) is 0.636. The fourth-order valence-electron chi connectivity index (χ4n) is 2.17. The summed E-state index contributed by atoms with van der Waals surface area (Å²) < 4.78 is 0. The quantitative estimate of drug-likeness (QED) is 0.596. The lowest BCUT2D eigenvalue weighted by Crippen LogP contribution is -2.34. The van der Waals surface area contributed by atoms with Crippen LogP contribution in [-0.2, 0) is 0 Å². The Labute approximate surface area is 96.0 Å². The molecule has 1 fully saturated rings. The first-order chi connectivity index (χ1) is 7.83. The Hall–Kier alpha value is -1.36. The van der Waals surface area contributed by atoms with Crippen molar-refractivity contribution < 1.29 is 0 Å². The van der Waals surface area contributed by atoms with Crippen LogP contribution < -0.4 is 16.2 Å². The largest absolute Gasteiger partial charge is 0.356 e. The molecule has 0 radical (unpaired) electrons. The van der Waals surface area contributed by atoms with Gasteiger partial charge in [-0.25, -0.2) is 10.8 Å². The minimum atomic E-state index is 0.482. The van der Waals surface area contributed by atoms with Crippen LogP contribution in [0.15, 0.2) is 12.3 Å². The highest BCUT2D eigenvalue weighted by Crippen LogP contribution is 2.23. The maximum atomic E-state index is 5.30. The number of nitrogens with two attached hydrogens (primary N) is 1. The molecular weight excluding hydrogens is 202 g/mol. The number of nitrogen functional groups attached to an aromatic ring is 1. The van der Waals surface area contributed by atoms with E-state index in [0.717, 1.165) is 24.8 Å². The third-order valence-corrected chi connectivity index (χ3v) is 3.29. The first-order valence-electron chi connectivity index (χ1n) is 5.88. The minimum absolute atomic E-state index is 0.482. The molecule has 1 aromatic heterocycles. The molecule has 2 rings (SSSR count). The van der Waals surface area contributed by atoms with Crippen molar-refractivity contribution in [1.82, 2.24) is 9.97 Å². The summed E-state index contributed by atoms with van der Waals surface area (Å²) >= 11 is 0. The van der Waals surface area contributed by atoms with Crippen LogP contribution in [0.3, 0.4) is 0 Å². The SMILES string of the molecule is CCC1CCN(c2ccnc(NN)n2)CC1. The summed E-state index contributed by atoms with van der Waals surface area (Å²) in [4.78, 5) is 10.7. The second-order valence-electron chi connectivity index (χ2n) is 4.22. The molecule has 3 N–H and O–H groups in total. The molecule has 5 nitrogen and oxygen atoms in total. The van der Waals surface area contributed by atoms with Crippen LogP contribution in [0.4, 0.5) is 11.8 Å². The second-order valence-corrected chi connectivity index (χ2v) is 4.22. The average Bonchev–Trinajstić information content (AvgIpc) is 2.39. The van der Waals surface area contributed by atoms with Gasteiger partial charge < -0.3 is 4.90 Å². The van der Waals surface area contributed by atoms with Gasteiger partial charge in [0.1, 0.15) is 5.82 Å². The number of hydrogen-bond acceptors (Lipinski definition) is 5. The van der Waals surface area contributed by atoms with Crippen LogP contribution in [0.1, 0.15) is 26.2 Å². The van der Waals surface area contributed by atoms with Gasteiger partial charge in [-0.1, -0.05) is 13.3 Å². The molecule has 88 valence electrons. The van der Waals surface area contributed by atoms with E-state index in [-0.39, 0.29) is 0 Å². The van der Waals surface area contributed by atoms with Crippen molar-refractivity contribution in [3.05, 3.63) is 12.3 Å². The van der Waals surface area contributed by atoms with Crippen molar-refractivity contribution >= 4 is 11.8 Å². The number of anilines is 2. The summed E-state index contributed by atoms with van der Waals surface area (Å²) in [7, 11) is 0. The third-order valence-electron chi connectivity index (χ3n) is 3.29. The molecule has 16 heavy (non-hydrogen) atoms. The highest BCUT2D eigenvalue weighted by atomic mass is 15.3. The first-order valence-corrected chi connectivity index (χ1v) is 5.88. The van der Waals surface area contributed by atoms with E-state index < -0.39 is 0 Å². The number of hydrazine groups is 1. The van der Waals surface area contributed by atoms with E-state index in [1.165, 1.54) is 19.3 Å². The Bertz CT molecular complexity index is 333. The van der Waals surface area contributed by atoms with Gasteiger partial charge in [-0.3, -0.25) is 5.43 Å². The van der Waals surface area contributed by atoms with E-state index >= 15 is 0 Å². The van der Waals surface area contributed by atoms with Gasteiger partial charge >= 0.3 is 0 Å². The molecule has 0 aliphatic carbocycles. The molecule has 0 amide bonds. The lowest BCUT2D eigenvalue weighted by atomic mass is 9.94. The van der Waals surface area contributed by atoms with E-state index in [1.54, 1.807) is 6.20 Å². The van der Waals surface area contributed by atoms with Gasteiger partial charge in [0, 0.05) is 19.3 Å². The van der Waals surface area contributed by atoms with Gasteiger partial charge in [0.15, 0.2) is 0 Å². The maximum Gasteiger partial charge on any atom is 0.239 e. The van der Waals surface area contributed by atoms with Crippen molar-refractivity contribution in [2.45, 2.75) is 26.2 Å². The smallest absolute Gasteiger partial charge is 0.239 e. The zero-order valence-corrected chi connectivity index (χ0v) is 9.69.